The van der Waals surface area contributed by atoms with E-state index in [4.69, 9.17) is 19.0 Å². The van der Waals surface area contributed by atoms with Gasteiger partial charge in [0.1, 0.15) is 16.8 Å². The van der Waals surface area contributed by atoms with Gasteiger partial charge >= 0.3 is 6.09 Å². The van der Waals surface area contributed by atoms with E-state index in [1.54, 1.807) is 16.8 Å². The van der Waals surface area contributed by atoms with Gasteiger partial charge in [0, 0.05) is 52.2 Å². The van der Waals surface area contributed by atoms with E-state index in [9.17, 15) is 9.59 Å². The summed E-state index contributed by atoms with van der Waals surface area (Å²) in [6.07, 6.45) is 7.73. The third kappa shape index (κ3) is 18.4. The Bertz CT molecular complexity index is 1180. The Labute approximate surface area is 305 Å². The van der Waals surface area contributed by atoms with Crippen molar-refractivity contribution in [3.8, 4) is 0 Å². The van der Waals surface area contributed by atoms with Crippen LogP contribution in [-0.4, -0.2) is 96.0 Å². The lowest BCUT2D eigenvalue weighted by atomic mass is 9.91. The normalized spacial score (nSPS) is 25.0. The van der Waals surface area contributed by atoms with Crippen LogP contribution in [0.3, 0.4) is 0 Å². The van der Waals surface area contributed by atoms with Crippen LogP contribution < -0.4 is 0 Å². The summed E-state index contributed by atoms with van der Waals surface area (Å²) in [7, 11) is 3.59. The summed E-state index contributed by atoms with van der Waals surface area (Å²) in [6, 6.07) is 0. The zero-order valence-corrected chi connectivity index (χ0v) is 35.0. The van der Waals surface area contributed by atoms with Gasteiger partial charge in [-0.3, -0.25) is 9.79 Å². The lowest BCUT2D eigenvalue weighted by molar-refractivity contribution is -0.126. The standard InChI is InChI=1S/C7H13NO.C7H13N.2C7H12O.C6H11NO2.C6H11NO/c1-7(2)4-6(9)8(3)5-7;1-6-4-7(2,3)5-8-6;2*1-6-4-7(2,3)8-5-6;1-6(2)4-7(3)5(8)9-6;1-5-4-6(2,3)8-7-5/h4-5H2,1-3H3;4-5H2,1-3H3;5H,4H2,1-3H3;4H,5H2,1-3H3;4H2,1-3H3;4H2,1-3H3. The highest BCUT2D eigenvalue weighted by atomic mass is 16.7. The molecule has 288 valence electrons. The molecule has 0 atom stereocenters. The van der Waals surface area contributed by atoms with Crippen LogP contribution in [0.1, 0.15) is 136 Å². The molecule has 0 spiro atoms. The van der Waals surface area contributed by atoms with Crippen molar-refractivity contribution < 1.29 is 28.6 Å². The van der Waals surface area contributed by atoms with Gasteiger partial charge < -0.3 is 28.8 Å². The minimum absolute atomic E-state index is 0.00405. The van der Waals surface area contributed by atoms with E-state index in [-0.39, 0.29) is 39.8 Å². The Balaban J connectivity index is 0.000000300. The second-order valence-electron chi connectivity index (χ2n) is 18.7. The highest BCUT2D eigenvalue weighted by Crippen LogP contribution is 2.29. The molecular formula is C40H72N4O6. The van der Waals surface area contributed by atoms with Crippen LogP contribution in [-0.2, 0) is 23.8 Å². The predicted octanol–water partition coefficient (Wildman–Crippen LogP) is 8.99. The van der Waals surface area contributed by atoms with Crippen molar-refractivity contribution >= 4 is 23.4 Å². The van der Waals surface area contributed by atoms with Crippen LogP contribution in [0.15, 0.2) is 33.6 Å². The van der Waals surface area contributed by atoms with Crippen molar-refractivity contribution in [2.45, 2.75) is 159 Å². The maximum absolute atomic E-state index is 10.9. The number of ether oxygens (including phenoxy) is 3. The summed E-state index contributed by atoms with van der Waals surface area (Å²) in [5, 5.41) is 3.81. The molecule has 0 bridgehead atoms. The second-order valence-corrected chi connectivity index (χ2v) is 18.7. The van der Waals surface area contributed by atoms with Gasteiger partial charge in [0.15, 0.2) is 0 Å². The Morgan fingerprint density at radius 3 is 1.38 bits per heavy atom. The van der Waals surface area contributed by atoms with Crippen LogP contribution in [0.25, 0.3) is 0 Å². The molecule has 0 unspecified atom stereocenters. The maximum atomic E-state index is 10.9. The summed E-state index contributed by atoms with van der Waals surface area (Å²) >= 11 is 0. The summed E-state index contributed by atoms with van der Waals surface area (Å²) < 4.78 is 15.6. The zero-order valence-electron chi connectivity index (χ0n) is 35.0. The van der Waals surface area contributed by atoms with E-state index >= 15 is 0 Å². The molecule has 6 heterocycles. The fourth-order valence-corrected chi connectivity index (χ4v) is 6.34. The van der Waals surface area contributed by atoms with Gasteiger partial charge in [0.05, 0.1) is 30.7 Å². The molecule has 6 aliphatic rings. The first-order chi connectivity index (χ1) is 22.4. The fourth-order valence-electron chi connectivity index (χ4n) is 6.34. The molecule has 0 N–H and O–H groups in total. The van der Waals surface area contributed by atoms with Gasteiger partial charge in [-0.1, -0.05) is 38.9 Å². The monoisotopic (exact) mass is 705 g/mol. The highest BCUT2D eigenvalue weighted by Gasteiger charge is 2.35. The van der Waals surface area contributed by atoms with Crippen molar-refractivity contribution in [2.24, 2.45) is 21.0 Å². The first kappa shape index (κ1) is 45.1. The zero-order chi connectivity index (χ0) is 38.9. The van der Waals surface area contributed by atoms with Crippen LogP contribution in [0, 0.1) is 10.8 Å². The molecule has 2 fully saturated rings. The number of nitrogens with zero attached hydrogens (tertiary/aromatic N) is 4. The molecule has 50 heavy (non-hydrogen) atoms. The molecule has 0 aromatic heterocycles. The predicted molar refractivity (Wildman–Crippen MR) is 206 cm³/mol. The van der Waals surface area contributed by atoms with Crippen LogP contribution in [0.5, 0.6) is 0 Å². The van der Waals surface area contributed by atoms with Crippen LogP contribution in [0.2, 0.25) is 0 Å². The van der Waals surface area contributed by atoms with E-state index in [0.717, 1.165) is 38.2 Å². The minimum Gasteiger partial charge on any atom is -0.495 e. The highest BCUT2D eigenvalue weighted by molar-refractivity contribution is 5.84. The topological polar surface area (TPSA) is 102 Å². The Kier molecular flexibility index (Phi) is 15.9. The lowest BCUT2D eigenvalue weighted by Gasteiger charge is -2.16. The molecule has 0 radical (unpaired) electrons. The first-order valence-corrected chi connectivity index (χ1v) is 18.0. The number of likely N-dealkylation sites (tertiary alicyclic amines) is 1. The molecule has 10 nitrogen and oxygen atoms in total. The number of aliphatic imine (C=N–C) groups is 1. The molecule has 2 amide bonds. The Morgan fingerprint density at radius 2 is 1.26 bits per heavy atom. The van der Waals surface area contributed by atoms with Gasteiger partial charge in [-0.2, -0.15) is 0 Å². The quantitative estimate of drug-likeness (QED) is 0.233. The van der Waals surface area contributed by atoms with Crippen LogP contribution >= 0.6 is 0 Å². The van der Waals surface area contributed by atoms with Crippen LogP contribution in [0.4, 0.5) is 4.79 Å². The molecule has 0 aromatic rings. The summed E-state index contributed by atoms with van der Waals surface area (Å²) in [5.74, 6) is 0.278. The van der Waals surface area contributed by atoms with Crippen molar-refractivity contribution in [3.63, 3.8) is 0 Å². The summed E-state index contributed by atoms with van der Waals surface area (Å²) in [5.41, 5.74) is 5.52. The number of rotatable bonds is 0. The van der Waals surface area contributed by atoms with E-state index in [1.165, 1.54) is 23.3 Å². The van der Waals surface area contributed by atoms with Crippen molar-refractivity contribution in [1.29, 1.82) is 0 Å². The minimum atomic E-state index is -0.286. The molecule has 0 aromatic carbocycles. The third-order valence-electron chi connectivity index (χ3n) is 8.21. The molecule has 6 aliphatic heterocycles. The molecule has 0 saturated carbocycles. The number of likely N-dealkylation sites (N-methyl/N-ethyl adjacent to an activating group) is 1. The number of cyclic esters (lactones) is 1. The number of oxime groups is 1. The number of carbonyl (C=O) groups excluding carboxylic acids is 2. The molecule has 10 heteroatoms. The van der Waals surface area contributed by atoms with E-state index in [0.29, 0.717) is 18.4 Å². The number of hydrogen-bond donors (Lipinski definition) is 0. The largest absolute Gasteiger partial charge is 0.495 e. The average molecular weight is 705 g/mol. The van der Waals surface area contributed by atoms with Gasteiger partial charge in [0.2, 0.25) is 5.91 Å². The number of carbonyl (C=O) groups is 2. The van der Waals surface area contributed by atoms with Gasteiger partial charge in [-0.15, -0.1) is 0 Å². The maximum Gasteiger partial charge on any atom is 0.410 e. The summed E-state index contributed by atoms with van der Waals surface area (Å²) in [4.78, 5) is 34.3. The number of hydrogen-bond acceptors (Lipinski definition) is 8. The third-order valence-corrected chi connectivity index (χ3v) is 8.21. The SMILES string of the molecule is CC1=CC(C)(C)OC1.CC1=COC(C)(C)C1.CC1=NCC(C)(C)C1.CC1=NOC(C)(C)C1.CN1CC(C)(C)CC1=O.CN1CC(C)(C)OC1=O. The Hall–Kier alpha value is -2.88. The van der Waals surface area contributed by atoms with Crippen molar-refractivity contribution in [1.82, 2.24) is 9.80 Å². The lowest BCUT2D eigenvalue weighted by Crippen LogP contribution is -2.25. The van der Waals surface area contributed by atoms with Gasteiger partial charge in [0.25, 0.3) is 0 Å². The summed E-state index contributed by atoms with van der Waals surface area (Å²) in [6.45, 7) is 36.7. The van der Waals surface area contributed by atoms with E-state index < -0.39 is 0 Å². The van der Waals surface area contributed by atoms with Gasteiger partial charge in [-0.05, 0) is 111 Å². The second kappa shape index (κ2) is 17.6. The van der Waals surface area contributed by atoms with Gasteiger partial charge in [-0.25, -0.2) is 4.79 Å². The molecule has 6 rings (SSSR count). The fraction of sp³-hybridized carbons (Fsp3) is 0.800. The van der Waals surface area contributed by atoms with E-state index in [1.807, 2.05) is 47.9 Å². The Morgan fingerprint density at radius 1 is 0.660 bits per heavy atom. The van der Waals surface area contributed by atoms with Crippen molar-refractivity contribution in [2.75, 3.05) is 40.3 Å². The molecule has 0 aliphatic carbocycles. The smallest absolute Gasteiger partial charge is 0.410 e. The van der Waals surface area contributed by atoms with E-state index in [2.05, 4.69) is 92.4 Å². The van der Waals surface area contributed by atoms with Crippen molar-refractivity contribution in [3.05, 3.63) is 23.5 Å². The molecular weight excluding hydrogens is 632 g/mol. The average Bonchev–Trinajstić information content (AvgIpc) is 3.71. The molecule has 2 saturated heterocycles. The first-order valence-electron chi connectivity index (χ1n) is 18.0. The number of amides is 2.